The van der Waals surface area contributed by atoms with Crippen molar-refractivity contribution in [3.05, 3.63) is 53.6 Å². The van der Waals surface area contributed by atoms with Crippen LogP contribution in [-0.2, 0) is 6.42 Å². The minimum Gasteiger partial charge on any atom is -0.497 e. The highest BCUT2D eigenvalue weighted by molar-refractivity contribution is 6.04. The van der Waals surface area contributed by atoms with Crippen molar-refractivity contribution < 1.29 is 19.4 Å². The van der Waals surface area contributed by atoms with Gasteiger partial charge in [0.15, 0.2) is 0 Å². The van der Waals surface area contributed by atoms with E-state index in [4.69, 9.17) is 14.6 Å². The molecular formula is C17H19NO4. The van der Waals surface area contributed by atoms with Crippen molar-refractivity contribution in [1.29, 1.82) is 0 Å². The summed E-state index contributed by atoms with van der Waals surface area (Å²) in [6, 6.07) is 12.4. The molecule has 0 aromatic heterocycles. The van der Waals surface area contributed by atoms with Crippen LogP contribution < -0.4 is 14.8 Å². The molecule has 1 amide bonds. The van der Waals surface area contributed by atoms with E-state index < -0.39 is 0 Å². The standard InChI is InChI=1S/C17H19NO4/c1-21-15-9-13(10-16(11-15)22-2)17(20)18-14-5-3-12(4-6-14)7-8-19/h3-6,9-11,19H,7-8H2,1-2H3,(H,18,20). The second-order valence-corrected chi connectivity index (χ2v) is 4.73. The molecule has 5 nitrogen and oxygen atoms in total. The molecule has 0 spiro atoms. The second kappa shape index (κ2) is 7.47. The van der Waals surface area contributed by atoms with Crippen LogP contribution in [0.4, 0.5) is 5.69 Å². The van der Waals surface area contributed by atoms with Gasteiger partial charge in [0.1, 0.15) is 11.5 Å². The lowest BCUT2D eigenvalue weighted by molar-refractivity contribution is 0.102. The average molecular weight is 301 g/mol. The first-order valence-corrected chi connectivity index (χ1v) is 6.90. The third kappa shape index (κ3) is 3.99. The van der Waals surface area contributed by atoms with Gasteiger partial charge in [-0.05, 0) is 36.2 Å². The Morgan fingerprint density at radius 1 is 1.05 bits per heavy atom. The lowest BCUT2D eigenvalue weighted by atomic mass is 10.1. The Morgan fingerprint density at radius 3 is 2.14 bits per heavy atom. The van der Waals surface area contributed by atoms with Gasteiger partial charge in [-0.15, -0.1) is 0 Å². The predicted octanol–water partition coefficient (Wildman–Crippen LogP) is 2.49. The van der Waals surface area contributed by atoms with E-state index in [2.05, 4.69) is 5.32 Å². The lowest BCUT2D eigenvalue weighted by Crippen LogP contribution is -2.12. The predicted molar refractivity (Wildman–Crippen MR) is 84.7 cm³/mol. The fraction of sp³-hybridized carbons (Fsp3) is 0.235. The van der Waals surface area contributed by atoms with Crippen LogP contribution in [0.15, 0.2) is 42.5 Å². The van der Waals surface area contributed by atoms with Crippen molar-refractivity contribution in [2.24, 2.45) is 0 Å². The summed E-state index contributed by atoms with van der Waals surface area (Å²) in [5.74, 6) is 0.873. The van der Waals surface area contributed by atoms with E-state index in [0.29, 0.717) is 29.2 Å². The van der Waals surface area contributed by atoms with Gasteiger partial charge >= 0.3 is 0 Å². The van der Waals surface area contributed by atoms with E-state index in [0.717, 1.165) is 5.56 Å². The van der Waals surface area contributed by atoms with Gasteiger partial charge in [-0.2, -0.15) is 0 Å². The first-order valence-electron chi connectivity index (χ1n) is 6.90. The summed E-state index contributed by atoms with van der Waals surface area (Å²) in [6.07, 6.45) is 0.599. The SMILES string of the molecule is COc1cc(OC)cc(C(=O)Nc2ccc(CCO)cc2)c1. The molecule has 0 saturated heterocycles. The summed E-state index contributed by atoms with van der Waals surface area (Å²) < 4.78 is 10.3. The molecule has 0 fully saturated rings. The van der Waals surface area contributed by atoms with E-state index in [-0.39, 0.29) is 12.5 Å². The highest BCUT2D eigenvalue weighted by Crippen LogP contribution is 2.23. The van der Waals surface area contributed by atoms with Gasteiger partial charge in [0, 0.05) is 23.9 Å². The van der Waals surface area contributed by atoms with Crippen LogP contribution in [-0.4, -0.2) is 31.8 Å². The topological polar surface area (TPSA) is 67.8 Å². The number of amides is 1. The maximum Gasteiger partial charge on any atom is 0.255 e. The van der Waals surface area contributed by atoms with E-state index in [9.17, 15) is 4.79 Å². The molecule has 0 bridgehead atoms. The summed E-state index contributed by atoms with van der Waals surface area (Å²) >= 11 is 0. The third-order valence-electron chi connectivity index (χ3n) is 3.23. The van der Waals surface area contributed by atoms with Gasteiger partial charge in [-0.3, -0.25) is 4.79 Å². The van der Waals surface area contributed by atoms with Crippen LogP contribution in [0.25, 0.3) is 0 Å². The van der Waals surface area contributed by atoms with Crippen molar-refractivity contribution in [2.45, 2.75) is 6.42 Å². The zero-order valence-electron chi connectivity index (χ0n) is 12.6. The molecule has 5 heteroatoms. The molecule has 2 N–H and O–H groups in total. The summed E-state index contributed by atoms with van der Waals surface area (Å²) in [5, 5.41) is 11.7. The Hall–Kier alpha value is -2.53. The van der Waals surface area contributed by atoms with E-state index >= 15 is 0 Å². The number of hydrogen-bond acceptors (Lipinski definition) is 4. The van der Waals surface area contributed by atoms with Crippen molar-refractivity contribution >= 4 is 11.6 Å². The molecule has 0 radical (unpaired) electrons. The number of nitrogens with one attached hydrogen (secondary N) is 1. The van der Waals surface area contributed by atoms with Crippen LogP contribution in [0.1, 0.15) is 15.9 Å². The van der Waals surface area contributed by atoms with Gasteiger partial charge in [0.25, 0.3) is 5.91 Å². The molecule has 2 aromatic carbocycles. The lowest BCUT2D eigenvalue weighted by Gasteiger charge is -2.09. The monoisotopic (exact) mass is 301 g/mol. The first-order chi connectivity index (χ1) is 10.7. The molecular weight excluding hydrogens is 282 g/mol. The van der Waals surface area contributed by atoms with Crippen molar-refractivity contribution in [3.8, 4) is 11.5 Å². The zero-order chi connectivity index (χ0) is 15.9. The van der Waals surface area contributed by atoms with Gasteiger partial charge < -0.3 is 19.9 Å². The maximum atomic E-state index is 12.3. The number of anilines is 1. The summed E-state index contributed by atoms with van der Waals surface area (Å²) in [6.45, 7) is 0.106. The fourth-order valence-electron chi connectivity index (χ4n) is 2.03. The van der Waals surface area contributed by atoms with Crippen LogP contribution >= 0.6 is 0 Å². The fourth-order valence-corrected chi connectivity index (χ4v) is 2.03. The molecule has 0 saturated carbocycles. The number of carbonyl (C=O) groups is 1. The normalized spacial score (nSPS) is 10.1. The minimum absolute atomic E-state index is 0.106. The van der Waals surface area contributed by atoms with Gasteiger partial charge in [-0.1, -0.05) is 12.1 Å². The molecule has 0 unspecified atom stereocenters. The van der Waals surface area contributed by atoms with E-state index in [1.807, 2.05) is 12.1 Å². The summed E-state index contributed by atoms with van der Waals surface area (Å²) in [7, 11) is 3.08. The highest BCUT2D eigenvalue weighted by atomic mass is 16.5. The van der Waals surface area contributed by atoms with E-state index in [1.165, 1.54) is 14.2 Å². The molecule has 0 aliphatic heterocycles. The number of aliphatic hydroxyl groups is 1. The molecule has 0 heterocycles. The summed E-state index contributed by atoms with van der Waals surface area (Å²) in [4.78, 5) is 12.3. The number of methoxy groups -OCH3 is 2. The molecule has 116 valence electrons. The number of carbonyl (C=O) groups excluding carboxylic acids is 1. The molecule has 0 atom stereocenters. The quantitative estimate of drug-likeness (QED) is 0.860. The van der Waals surface area contributed by atoms with Crippen molar-refractivity contribution in [1.82, 2.24) is 0 Å². The van der Waals surface area contributed by atoms with Gasteiger partial charge in [0.05, 0.1) is 14.2 Å². The molecule has 0 aliphatic carbocycles. The average Bonchev–Trinajstić information content (AvgIpc) is 2.56. The Bertz CT molecular complexity index is 615. The van der Waals surface area contributed by atoms with Crippen LogP contribution in [0.3, 0.4) is 0 Å². The van der Waals surface area contributed by atoms with Crippen LogP contribution in [0, 0.1) is 0 Å². The van der Waals surface area contributed by atoms with Gasteiger partial charge in [0.2, 0.25) is 0 Å². The van der Waals surface area contributed by atoms with Crippen molar-refractivity contribution in [3.63, 3.8) is 0 Å². The Balaban J connectivity index is 2.14. The number of ether oxygens (including phenoxy) is 2. The largest absolute Gasteiger partial charge is 0.497 e. The highest BCUT2D eigenvalue weighted by Gasteiger charge is 2.10. The molecule has 2 aromatic rings. The van der Waals surface area contributed by atoms with Crippen molar-refractivity contribution in [2.75, 3.05) is 26.1 Å². The number of aliphatic hydroxyl groups excluding tert-OH is 1. The molecule has 2 rings (SSSR count). The Kier molecular flexibility index (Phi) is 5.38. The minimum atomic E-state index is -0.243. The third-order valence-corrected chi connectivity index (χ3v) is 3.23. The molecule has 0 aliphatic rings. The molecule has 22 heavy (non-hydrogen) atoms. The number of benzene rings is 2. The van der Waals surface area contributed by atoms with Crippen LogP contribution in [0.2, 0.25) is 0 Å². The number of rotatable bonds is 6. The van der Waals surface area contributed by atoms with E-state index in [1.54, 1.807) is 30.3 Å². The zero-order valence-corrected chi connectivity index (χ0v) is 12.6. The Morgan fingerprint density at radius 2 is 1.64 bits per heavy atom. The maximum absolute atomic E-state index is 12.3. The van der Waals surface area contributed by atoms with Crippen LogP contribution in [0.5, 0.6) is 11.5 Å². The Labute approximate surface area is 129 Å². The first kappa shape index (κ1) is 15.9. The van der Waals surface area contributed by atoms with Gasteiger partial charge in [-0.25, -0.2) is 0 Å². The second-order valence-electron chi connectivity index (χ2n) is 4.73. The summed E-state index contributed by atoms with van der Waals surface area (Å²) in [5.41, 5.74) is 2.16. The number of hydrogen-bond donors (Lipinski definition) is 2. The smallest absolute Gasteiger partial charge is 0.255 e.